The lowest BCUT2D eigenvalue weighted by Crippen LogP contribution is -2.40. The lowest BCUT2D eigenvalue weighted by atomic mass is 10.0. The van der Waals surface area contributed by atoms with Gasteiger partial charge in [0.05, 0.1) is 6.10 Å². The molecule has 90 valence electrons. The summed E-state index contributed by atoms with van der Waals surface area (Å²) in [6.07, 6.45) is 2.57. The first kappa shape index (κ1) is 15.0. The Labute approximate surface area is 99.7 Å². The molecule has 0 bridgehead atoms. The number of nitrogens with one attached hydrogen (secondary N) is 1. The van der Waals surface area contributed by atoms with Gasteiger partial charge in [-0.05, 0) is 43.6 Å². The van der Waals surface area contributed by atoms with E-state index in [1.807, 2.05) is 20.1 Å². The minimum absolute atomic E-state index is 0.0716. The Hall–Kier alpha value is 0. The van der Waals surface area contributed by atoms with Crippen molar-refractivity contribution in [3.63, 3.8) is 0 Å². The van der Waals surface area contributed by atoms with Gasteiger partial charge in [0, 0.05) is 0 Å². The van der Waals surface area contributed by atoms with Crippen molar-refractivity contribution < 1.29 is 9.53 Å². The molecular formula is C10H21NO2S2. The molecule has 0 aliphatic rings. The summed E-state index contributed by atoms with van der Waals surface area (Å²) in [6.45, 7) is 7.86. The Kier molecular flexibility index (Phi) is 7.30. The third kappa shape index (κ3) is 7.88. The van der Waals surface area contributed by atoms with Crippen LogP contribution in [0.3, 0.4) is 0 Å². The van der Waals surface area contributed by atoms with E-state index in [1.54, 1.807) is 0 Å². The second-order valence-electron chi connectivity index (χ2n) is 4.24. The molecule has 0 saturated heterocycles. The molecule has 3 nitrogen and oxygen atoms in total. The van der Waals surface area contributed by atoms with E-state index >= 15 is 0 Å². The van der Waals surface area contributed by atoms with Crippen LogP contribution in [0, 0.1) is 5.92 Å². The van der Waals surface area contributed by atoms with Gasteiger partial charge in [0.1, 0.15) is 6.04 Å². The highest BCUT2D eigenvalue weighted by Gasteiger charge is 2.21. The molecular weight excluding hydrogens is 230 g/mol. The molecule has 1 N–H and O–H groups in total. The third-order valence-electron chi connectivity index (χ3n) is 1.65. The van der Waals surface area contributed by atoms with Crippen LogP contribution in [0.4, 0.5) is 0 Å². The number of hydrogen-bond donors (Lipinski definition) is 1. The lowest BCUT2D eigenvalue weighted by molar-refractivity contribution is -0.149. The molecule has 0 fully saturated rings. The highest BCUT2D eigenvalue weighted by atomic mass is 32.8. The zero-order valence-corrected chi connectivity index (χ0v) is 11.7. The first-order chi connectivity index (χ1) is 6.82. The normalized spacial score (nSPS) is 15.4. The average molecular weight is 251 g/mol. The largest absolute Gasteiger partial charge is 0.462 e. The van der Waals surface area contributed by atoms with Gasteiger partial charge >= 0.3 is 5.97 Å². The van der Waals surface area contributed by atoms with Crippen LogP contribution < -0.4 is 4.72 Å². The summed E-state index contributed by atoms with van der Waals surface area (Å²) in [4.78, 5) is 11.7. The second kappa shape index (κ2) is 7.30. The van der Waals surface area contributed by atoms with Gasteiger partial charge in [-0.25, -0.2) is 4.72 Å². The van der Waals surface area contributed by atoms with Gasteiger partial charge in [0.15, 0.2) is 0 Å². The summed E-state index contributed by atoms with van der Waals surface area (Å²) in [7, 11) is -0.365. The molecule has 0 saturated carbocycles. The standard InChI is InChI=1S/C10H21NO2S2/c1-7(2)6-9(11-15(5)14)10(12)13-8(3)4/h7-9,11H,6H2,1-5H3/t9-,15?/m0/s1. The minimum Gasteiger partial charge on any atom is -0.462 e. The first-order valence-corrected chi connectivity index (χ1v) is 7.68. The summed E-state index contributed by atoms with van der Waals surface area (Å²) >= 11 is 5.05. The van der Waals surface area contributed by atoms with Crippen molar-refractivity contribution in [2.75, 3.05) is 6.26 Å². The Bertz CT molecular complexity index is 229. The zero-order chi connectivity index (χ0) is 12.0. The maximum absolute atomic E-state index is 11.7. The van der Waals surface area contributed by atoms with Gasteiger partial charge in [0.25, 0.3) is 0 Å². The van der Waals surface area contributed by atoms with E-state index in [0.717, 1.165) is 6.42 Å². The molecule has 0 aromatic carbocycles. The van der Waals surface area contributed by atoms with Crippen LogP contribution in [0.15, 0.2) is 0 Å². The summed E-state index contributed by atoms with van der Waals surface area (Å²) in [5, 5.41) is 0. The van der Waals surface area contributed by atoms with Crippen molar-refractivity contribution in [2.24, 2.45) is 5.92 Å². The predicted octanol–water partition coefficient (Wildman–Crippen LogP) is 1.57. The molecule has 2 atom stereocenters. The van der Waals surface area contributed by atoms with Crippen molar-refractivity contribution in [1.29, 1.82) is 0 Å². The highest BCUT2D eigenvalue weighted by molar-refractivity contribution is 8.27. The molecule has 0 rings (SSSR count). The van der Waals surface area contributed by atoms with Crippen LogP contribution in [0.1, 0.15) is 34.1 Å². The van der Waals surface area contributed by atoms with Crippen molar-refractivity contribution >= 4 is 26.8 Å². The van der Waals surface area contributed by atoms with Crippen LogP contribution in [-0.2, 0) is 30.4 Å². The smallest absolute Gasteiger partial charge is 0.324 e. The SMILES string of the molecule is CC(C)C[C@H](NS(C)=S)C(=O)OC(C)C. The molecule has 0 amide bonds. The van der Waals surface area contributed by atoms with Crippen molar-refractivity contribution in [2.45, 2.75) is 46.3 Å². The van der Waals surface area contributed by atoms with Gasteiger partial charge < -0.3 is 4.74 Å². The van der Waals surface area contributed by atoms with Crippen molar-refractivity contribution in [1.82, 2.24) is 4.72 Å². The van der Waals surface area contributed by atoms with Crippen LogP contribution in [0.25, 0.3) is 0 Å². The van der Waals surface area contributed by atoms with E-state index < -0.39 is 0 Å². The number of esters is 1. The van der Waals surface area contributed by atoms with Gasteiger partial charge in [0.2, 0.25) is 0 Å². The maximum Gasteiger partial charge on any atom is 0.324 e. The predicted molar refractivity (Wildman–Crippen MR) is 68.3 cm³/mol. The second-order valence-corrected chi connectivity index (χ2v) is 6.88. The molecule has 0 aromatic heterocycles. The monoisotopic (exact) mass is 251 g/mol. The zero-order valence-electron chi connectivity index (χ0n) is 10.1. The van der Waals surface area contributed by atoms with Crippen molar-refractivity contribution in [3.05, 3.63) is 0 Å². The van der Waals surface area contributed by atoms with E-state index in [2.05, 4.69) is 18.6 Å². The van der Waals surface area contributed by atoms with Crippen molar-refractivity contribution in [3.8, 4) is 0 Å². The van der Waals surface area contributed by atoms with E-state index in [9.17, 15) is 4.79 Å². The molecule has 0 aromatic rings. The highest BCUT2D eigenvalue weighted by Crippen LogP contribution is 2.08. The molecule has 15 heavy (non-hydrogen) atoms. The van der Waals surface area contributed by atoms with Gasteiger partial charge in [-0.1, -0.05) is 23.5 Å². The molecule has 1 unspecified atom stereocenters. The van der Waals surface area contributed by atoms with Crippen LogP contribution in [-0.4, -0.2) is 24.4 Å². The van der Waals surface area contributed by atoms with Gasteiger partial charge in [-0.15, -0.1) is 0 Å². The Morgan fingerprint density at radius 1 is 1.40 bits per heavy atom. The molecule has 0 radical (unpaired) electrons. The average Bonchev–Trinajstić information content (AvgIpc) is 1.99. The maximum atomic E-state index is 11.7. The Morgan fingerprint density at radius 2 is 1.93 bits per heavy atom. The summed E-state index contributed by atoms with van der Waals surface area (Å²) in [6, 6.07) is -0.266. The van der Waals surface area contributed by atoms with E-state index in [-0.39, 0.29) is 27.8 Å². The van der Waals surface area contributed by atoms with E-state index in [4.69, 9.17) is 15.9 Å². The molecule has 0 aliphatic heterocycles. The van der Waals surface area contributed by atoms with Crippen LogP contribution >= 0.6 is 0 Å². The van der Waals surface area contributed by atoms with Crippen LogP contribution in [0.5, 0.6) is 0 Å². The number of carbonyl (C=O) groups excluding carboxylic acids is 1. The number of rotatable bonds is 6. The summed E-state index contributed by atoms with van der Waals surface area (Å²) in [5.41, 5.74) is 0. The molecule has 0 aliphatic carbocycles. The Morgan fingerprint density at radius 3 is 2.27 bits per heavy atom. The Balaban J connectivity index is 4.33. The number of ether oxygens (including phenoxy) is 1. The quantitative estimate of drug-likeness (QED) is 0.727. The minimum atomic E-state index is -0.365. The molecule has 5 heteroatoms. The first-order valence-electron chi connectivity index (χ1n) is 5.13. The molecule has 0 spiro atoms. The fourth-order valence-electron chi connectivity index (χ4n) is 1.18. The molecule has 0 heterocycles. The number of hydrogen-bond acceptors (Lipinski definition) is 3. The fraction of sp³-hybridized carbons (Fsp3) is 0.900. The summed E-state index contributed by atoms with van der Waals surface area (Å²) < 4.78 is 8.26. The topological polar surface area (TPSA) is 38.3 Å². The lowest BCUT2D eigenvalue weighted by Gasteiger charge is -2.20. The number of carbonyl (C=O) groups is 1. The van der Waals surface area contributed by atoms with E-state index in [0.29, 0.717) is 5.92 Å². The van der Waals surface area contributed by atoms with Gasteiger partial charge in [-0.3, -0.25) is 4.79 Å². The van der Waals surface area contributed by atoms with E-state index in [1.165, 1.54) is 0 Å². The van der Waals surface area contributed by atoms with Gasteiger partial charge in [-0.2, -0.15) is 0 Å². The van der Waals surface area contributed by atoms with Crippen LogP contribution in [0.2, 0.25) is 0 Å². The fourth-order valence-corrected chi connectivity index (χ4v) is 2.12. The third-order valence-corrected chi connectivity index (χ3v) is 2.56. The summed E-state index contributed by atoms with van der Waals surface area (Å²) in [5.74, 6) is 0.253.